The van der Waals surface area contributed by atoms with Gasteiger partial charge in [-0.05, 0) is 50.0 Å². The van der Waals surface area contributed by atoms with Crippen LogP contribution < -0.4 is 5.32 Å². The standard InChI is InChI=1S/C22H34N2O6S/c1-20(2,12-21(3,4)24-18(28)14-7-5-6-9-23-14)8-10-31-19-15-17(27)16(26)13(11-25)22(15,29)30-19/h5-7,9,13,15-17,19,25-27,29H,8,10-12H2,1-4H3,(H,24,28). The van der Waals surface area contributed by atoms with Gasteiger partial charge in [-0.15, -0.1) is 11.8 Å². The van der Waals surface area contributed by atoms with Crippen LogP contribution in [0.4, 0.5) is 0 Å². The molecule has 5 N–H and O–H groups in total. The van der Waals surface area contributed by atoms with E-state index in [9.17, 15) is 25.2 Å². The van der Waals surface area contributed by atoms with E-state index in [4.69, 9.17) is 4.74 Å². The van der Waals surface area contributed by atoms with Gasteiger partial charge in [0, 0.05) is 11.7 Å². The molecule has 2 aliphatic rings. The van der Waals surface area contributed by atoms with Gasteiger partial charge < -0.3 is 30.5 Å². The van der Waals surface area contributed by atoms with Crippen LogP contribution in [-0.4, -0.2) is 72.6 Å². The molecule has 8 nitrogen and oxygen atoms in total. The number of aromatic nitrogens is 1. The number of carbonyl (C=O) groups is 1. The molecule has 1 aliphatic carbocycles. The number of hydrogen-bond acceptors (Lipinski definition) is 8. The molecule has 1 aromatic heterocycles. The van der Waals surface area contributed by atoms with Crippen molar-refractivity contribution >= 4 is 17.7 Å². The van der Waals surface area contributed by atoms with Crippen LogP contribution >= 0.6 is 11.8 Å². The van der Waals surface area contributed by atoms with E-state index in [1.165, 1.54) is 11.8 Å². The first-order valence-corrected chi connectivity index (χ1v) is 11.7. The first-order chi connectivity index (χ1) is 14.4. The Morgan fingerprint density at radius 2 is 1.97 bits per heavy atom. The second-order valence-corrected chi connectivity index (χ2v) is 11.3. The first-order valence-electron chi connectivity index (χ1n) is 10.6. The summed E-state index contributed by atoms with van der Waals surface area (Å²) in [4.78, 5) is 16.6. The molecule has 1 saturated carbocycles. The number of ether oxygens (including phenoxy) is 1. The van der Waals surface area contributed by atoms with Crippen molar-refractivity contribution in [2.45, 2.75) is 69.5 Å². The third-order valence-electron chi connectivity index (χ3n) is 6.26. The zero-order chi connectivity index (χ0) is 23.0. The molecule has 6 unspecified atom stereocenters. The van der Waals surface area contributed by atoms with Gasteiger partial charge in [-0.1, -0.05) is 19.9 Å². The molecule has 0 aromatic carbocycles. The molecule has 1 saturated heterocycles. The molecule has 9 heteroatoms. The summed E-state index contributed by atoms with van der Waals surface area (Å²) >= 11 is 1.49. The van der Waals surface area contributed by atoms with Crippen LogP contribution in [0.15, 0.2) is 24.4 Å². The Kier molecular flexibility index (Phi) is 7.05. The van der Waals surface area contributed by atoms with Gasteiger partial charge in [0.25, 0.3) is 5.91 Å². The number of carbonyl (C=O) groups excluding carboxylic acids is 1. The lowest BCUT2D eigenvalue weighted by atomic mass is 9.78. The molecular formula is C22H34N2O6S. The number of aliphatic hydroxyl groups excluding tert-OH is 3. The van der Waals surface area contributed by atoms with Crippen LogP contribution in [0, 0.1) is 17.3 Å². The normalized spacial score (nSPS) is 33.0. The predicted molar refractivity (Wildman–Crippen MR) is 117 cm³/mol. The largest absolute Gasteiger partial charge is 0.396 e. The van der Waals surface area contributed by atoms with Gasteiger partial charge in [-0.3, -0.25) is 9.78 Å². The van der Waals surface area contributed by atoms with Crippen LogP contribution in [-0.2, 0) is 4.74 Å². The van der Waals surface area contributed by atoms with Gasteiger partial charge in [-0.2, -0.15) is 0 Å². The van der Waals surface area contributed by atoms with Crippen LogP contribution in [0.1, 0.15) is 51.0 Å². The van der Waals surface area contributed by atoms with E-state index in [1.807, 2.05) is 13.8 Å². The number of pyridine rings is 1. The fourth-order valence-corrected chi connectivity index (χ4v) is 6.61. The van der Waals surface area contributed by atoms with Gasteiger partial charge in [0.15, 0.2) is 5.79 Å². The maximum absolute atomic E-state index is 12.5. The van der Waals surface area contributed by atoms with Gasteiger partial charge in [-0.25, -0.2) is 0 Å². The van der Waals surface area contributed by atoms with Crippen molar-refractivity contribution in [2.24, 2.45) is 17.3 Å². The fraction of sp³-hybridized carbons (Fsp3) is 0.727. The van der Waals surface area contributed by atoms with E-state index >= 15 is 0 Å². The summed E-state index contributed by atoms with van der Waals surface area (Å²) in [5, 5.41) is 43.3. The Morgan fingerprint density at radius 3 is 2.58 bits per heavy atom. The zero-order valence-electron chi connectivity index (χ0n) is 18.5. The number of rotatable bonds is 9. The number of aliphatic hydroxyl groups is 4. The quantitative estimate of drug-likeness (QED) is 0.375. The average molecular weight is 455 g/mol. The molecule has 6 atom stereocenters. The van der Waals surface area contributed by atoms with Gasteiger partial charge >= 0.3 is 0 Å². The molecule has 0 radical (unpaired) electrons. The van der Waals surface area contributed by atoms with Crippen LogP contribution in [0.2, 0.25) is 0 Å². The smallest absolute Gasteiger partial charge is 0.270 e. The Balaban J connectivity index is 1.49. The lowest BCUT2D eigenvalue weighted by Gasteiger charge is -2.49. The number of amides is 1. The van der Waals surface area contributed by atoms with Crippen LogP contribution in [0.5, 0.6) is 0 Å². The average Bonchev–Trinajstić information content (AvgIpc) is 2.80. The van der Waals surface area contributed by atoms with Crippen molar-refractivity contribution in [3.8, 4) is 0 Å². The maximum atomic E-state index is 12.5. The van der Waals surface area contributed by atoms with Crippen LogP contribution in [0.3, 0.4) is 0 Å². The fourth-order valence-electron chi connectivity index (χ4n) is 4.92. The predicted octanol–water partition coefficient (Wildman–Crippen LogP) is 1.13. The van der Waals surface area contributed by atoms with E-state index in [2.05, 4.69) is 24.1 Å². The molecule has 31 heavy (non-hydrogen) atoms. The molecule has 0 spiro atoms. The minimum Gasteiger partial charge on any atom is -0.396 e. The zero-order valence-corrected chi connectivity index (χ0v) is 19.3. The van der Waals surface area contributed by atoms with Crippen molar-refractivity contribution in [3.05, 3.63) is 30.1 Å². The number of thioether (sulfide) groups is 1. The van der Waals surface area contributed by atoms with Crippen molar-refractivity contribution in [1.29, 1.82) is 0 Å². The van der Waals surface area contributed by atoms with E-state index in [1.54, 1.807) is 24.4 Å². The molecular weight excluding hydrogens is 420 g/mol. The third kappa shape index (κ3) is 5.07. The Morgan fingerprint density at radius 1 is 1.26 bits per heavy atom. The highest BCUT2D eigenvalue weighted by atomic mass is 32.2. The van der Waals surface area contributed by atoms with Gasteiger partial charge in [0.2, 0.25) is 0 Å². The number of nitrogens with one attached hydrogen (secondary N) is 1. The SMILES string of the molecule is CC(C)(CCSC1OC2(O)C(CO)C(O)C(O)C12)CC(C)(C)NC(=O)c1ccccn1. The van der Waals surface area contributed by atoms with E-state index < -0.39 is 47.4 Å². The molecule has 2 heterocycles. The molecule has 1 amide bonds. The monoisotopic (exact) mass is 454 g/mol. The Bertz CT molecular complexity index is 777. The molecule has 3 rings (SSSR count). The Hall–Kier alpha value is -1.23. The molecule has 0 bridgehead atoms. The second-order valence-electron chi connectivity index (χ2n) is 10.0. The second kappa shape index (κ2) is 8.96. The summed E-state index contributed by atoms with van der Waals surface area (Å²) in [6.07, 6.45) is 0.836. The van der Waals surface area contributed by atoms with Crippen molar-refractivity contribution < 1.29 is 30.0 Å². The van der Waals surface area contributed by atoms with Crippen molar-refractivity contribution in [1.82, 2.24) is 10.3 Å². The number of nitrogens with zero attached hydrogens (tertiary/aromatic N) is 1. The summed E-state index contributed by atoms with van der Waals surface area (Å²) < 4.78 is 5.59. The summed E-state index contributed by atoms with van der Waals surface area (Å²) in [5.74, 6) is -2.67. The summed E-state index contributed by atoms with van der Waals surface area (Å²) in [7, 11) is 0. The van der Waals surface area contributed by atoms with E-state index in [0.717, 1.165) is 18.6 Å². The lowest BCUT2D eigenvalue weighted by molar-refractivity contribution is -0.355. The number of fused-ring (bicyclic) bond motifs is 1. The molecule has 2 fully saturated rings. The van der Waals surface area contributed by atoms with Crippen LogP contribution in [0.25, 0.3) is 0 Å². The molecule has 1 aromatic rings. The van der Waals surface area contributed by atoms with Crippen molar-refractivity contribution in [2.75, 3.05) is 12.4 Å². The maximum Gasteiger partial charge on any atom is 0.270 e. The van der Waals surface area contributed by atoms with E-state index in [0.29, 0.717) is 5.69 Å². The molecule has 1 aliphatic heterocycles. The summed E-state index contributed by atoms with van der Waals surface area (Å²) in [6.45, 7) is 7.80. The van der Waals surface area contributed by atoms with Gasteiger partial charge in [0.1, 0.15) is 11.1 Å². The summed E-state index contributed by atoms with van der Waals surface area (Å²) in [5.41, 5.74) is -0.568. The minimum absolute atomic E-state index is 0.0879. The highest BCUT2D eigenvalue weighted by Gasteiger charge is 2.70. The highest BCUT2D eigenvalue weighted by molar-refractivity contribution is 7.99. The lowest BCUT2D eigenvalue weighted by Crippen LogP contribution is -2.61. The van der Waals surface area contributed by atoms with Gasteiger partial charge in [0.05, 0.1) is 30.7 Å². The van der Waals surface area contributed by atoms with E-state index in [-0.39, 0.29) is 11.3 Å². The number of hydrogen-bond donors (Lipinski definition) is 5. The highest BCUT2D eigenvalue weighted by Crippen LogP contribution is 2.55. The first kappa shape index (κ1) is 24.4. The third-order valence-corrected chi connectivity index (χ3v) is 7.42. The summed E-state index contributed by atoms with van der Waals surface area (Å²) in [6, 6.07) is 5.23. The topological polar surface area (TPSA) is 132 Å². The minimum atomic E-state index is -1.67. The Labute approximate surface area is 187 Å². The molecule has 174 valence electrons. The van der Waals surface area contributed by atoms with Crippen molar-refractivity contribution in [3.63, 3.8) is 0 Å².